The average Bonchev–Trinajstić information content (AvgIpc) is 2.70. The molecule has 1 aromatic carbocycles. The second-order valence-corrected chi connectivity index (χ2v) is 4.15. The highest BCUT2D eigenvalue weighted by atomic mass is 16.7. The second-order valence-electron chi connectivity index (χ2n) is 4.15. The molecule has 1 amide bonds. The van der Waals surface area contributed by atoms with Gasteiger partial charge in [-0.2, -0.15) is 0 Å². The highest BCUT2D eigenvalue weighted by Crippen LogP contribution is 2.32. The van der Waals surface area contributed by atoms with Crippen LogP contribution >= 0.6 is 0 Å². The van der Waals surface area contributed by atoms with Gasteiger partial charge in [0.05, 0.1) is 17.9 Å². The molecule has 1 aliphatic rings. The summed E-state index contributed by atoms with van der Waals surface area (Å²) in [5.74, 6) is -0.116. The van der Waals surface area contributed by atoms with Crippen molar-refractivity contribution in [1.29, 1.82) is 0 Å². The van der Waals surface area contributed by atoms with E-state index in [2.05, 4.69) is 0 Å². The Morgan fingerprint density at radius 2 is 2.11 bits per heavy atom. The second kappa shape index (κ2) is 5.33. The molecule has 0 radical (unpaired) electrons. The van der Waals surface area contributed by atoms with Crippen LogP contribution in [-0.4, -0.2) is 37.9 Å². The molecule has 0 N–H and O–H groups in total. The van der Waals surface area contributed by atoms with Crippen LogP contribution in [0, 0.1) is 10.1 Å². The molecule has 0 bridgehead atoms. The number of anilines is 1. The lowest BCUT2D eigenvalue weighted by atomic mass is 10.1. The van der Waals surface area contributed by atoms with E-state index in [1.807, 2.05) is 0 Å². The molecule has 102 valence electrons. The Bertz CT molecular complexity index is 513. The molecule has 19 heavy (non-hydrogen) atoms. The maximum Gasteiger partial charge on any atom is 0.269 e. The van der Waals surface area contributed by atoms with Crippen molar-refractivity contribution in [3.63, 3.8) is 0 Å². The number of hydrogen-bond acceptors (Lipinski definition) is 5. The number of carbonyl (C=O) groups is 1. The first-order valence-electron chi connectivity index (χ1n) is 5.70. The average molecular weight is 266 g/mol. The van der Waals surface area contributed by atoms with Crippen molar-refractivity contribution in [2.24, 2.45) is 0 Å². The van der Waals surface area contributed by atoms with Crippen LogP contribution < -0.4 is 4.90 Å². The monoisotopic (exact) mass is 266 g/mol. The van der Waals surface area contributed by atoms with Gasteiger partial charge in [0.1, 0.15) is 0 Å². The van der Waals surface area contributed by atoms with Crippen molar-refractivity contribution in [3.05, 3.63) is 33.9 Å². The minimum Gasteiger partial charge on any atom is -0.354 e. The third-order valence-corrected chi connectivity index (χ3v) is 3.06. The fourth-order valence-electron chi connectivity index (χ4n) is 2.08. The van der Waals surface area contributed by atoms with Gasteiger partial charge in [-0.05, 0) is 11.6 Å². The maximum absolute atomic E-state index is 11.9. The number of ether oxygens (including phenoxy) is 2. The number of hydrogen-bond donors (Lipinski definition) is 0. The highest BCUT2D eigenvalue weighted by Gasteiger charge is 2.30. The van der Waals surface area contributed by atoms with Crippen LogP contribution in [-0.2, 0) is 20.7 Å². The number of amides is 1. The summed E-state index contributed by atoms with van der Waals surface area (Å²) in [6, 6.07) is 4.40. The van der Waals surface area contributed by atoms with E-state index < -0.39 is 11.2 Å². The number of nitro groups is 1. The third kappa shape index (κ3) is 2.56. The number of rotatable bonds is 5. The number of methoxy groups -OCH3 is 2. The molecule has 0 saturated heterocycles. The molecule has 0 fully saturated rings. The van der Waals surface area contributed by atoms with Gasteiger partial charge in [-0.25, -0.2) is 0 Å². The Hall–Kier alpha value is -1.99. The Morgan fingerprint density at radius 1 is 1.42 bits per heavy atom. The molecule has 0 aromatic heterocycles. The minimum atomic E-state index is -0.523. The number of fused-ring (bicyclic) bond motifs is 1. The largest absolute Gasteiger partial charge is 0.354 e. The van der Waals surface area contributed by atoms with Crippen LogP contribution in [0.4, 0.5) is 11.4 Å². The smallest absolute Gasteiger partial charge is 0.269 e. The molecule has 1 heterocycles. The van der Waals surface area contributed by atoms with E-state index >= 15 is 0 Å². The van der Waals surface area contributed by atoms with Crippen LogP contribution in [0.1, 0.15) is 5.56 Å². The molecule has 1 aliphatic heterocycles. The SMILES string of the molecule is COC(CN1C(=O)Cc2cc([N+](=O)[O-])ccc21)OC. The van der Waals surface area contributed by atoms with Crippen molar-refractivity contribution in [2.75, 3.05) is 25.7 Å². The van der Waals surface area contributed by atoms with Crippen LogP contribution in [0.3, 0.4) is 0 Å². The number of nitrogens with zero attached hydrogens (tertiary/aromatic N) is 2. The van der Waals surface area contributed by atoms with Gasteiger partial charge in [0.2, 0.25) is 5.91 Å². The van der Waals surface area contributed by atoms with Gasteiger partial charge in [-0.3, -0.25) is 14.9 Å². The van der Waals surface area contributed by atoms with Crippen molar-refractivity contribution in [3.8, 4) is 0 Å². The van der Waals surface area contributed by atoms with E-state index in [1.165, 1.54) is 31.3 Å². The standard InChI is InChI=1S/C12H14N2O5/c1-18-12(19-2)7-13-10-4-3-9(14(16)17)5-8(10)6-11(13)15/h3-5,12H,6-7H2,1-2H3. The van der Waals surface area contributed by atoms with Gasteiger partial charge in [0.25, 0.3) is 5.69 Å². The number of nitro benzene ring substituents is 1. The Labute approximate surface area is 109 Å². The zero-order valence-electron chi connectivity index (χ0n) is 10.7. The van der Waals surface area contributed by atoms with Crippen molar-refractivity contribution < 1.29 is 19.2 Å². The molecular weight excluding hydrogens is 252 g/mol. The highest BCUT2D eigenvalue weighted by molar-refractivity contribution is 6.01. The van der Waals surface area contributed by atoms with Gasteiger partial charge in [0, 0.05) is 32.0 Å². The summed E-state index contributed by atoms with van der Waals surface area (Å²) in [5.41, 5.74) is 1.32. The number of carbonyl (C=O) groups excluding carboxylic acids is 1. The molecule has 0 spiro atoms. The fraction of sp³-hybridized carbons (Fsp3) is 0.417. The summed E-state index contributed by atoms with van der Waals surface area (Å²) in [7, 11) is 2.98. The van der Waals surface area contributed by atoms with Crippen LogP contribution in [0.5, 0.6) is 0 Å². The van der Waals surface area contributed by atoms with Crippen molar-refractivity contribution in [2.45, 2.75) is 12.7 Å². The molecule has 0 aliphatic carbocycles. The first kappa shape index (κ1) is 13.4. The Morgan fingerprint density at radius 3 is 2.68 bits per heavy atom. The third-order valence-electron chi connectivity index (χ3n) is 3.06. The maximum atomic E-state index is 11.9. The van der Waals surface area contributed by atoms with Gasteiger partial charge in [-0.1, -0.05) is 0 Å². The summed E-state index contributed by atoms with van der Waals surface area (Å²) in [6.45, 7) is 0.261. The van der Waals surface area contributed by atoms with Crippen LogP contribution in [0.25, 0.3) is 0 Å². The van der Waals surface area contributed by atoms with Crippen molar-refractivity contribution >= 4 is 17.3 Å². The molecule has 7 nitrogen and oxygen atoms in total. The van der Waals surface area contributed by atoms with E-state index in [0.29, 0.717) is 11.3 Å². The summed E-state index contributed by atoms with van der Waals surface area (Å²) in [4.78, 5) is 23.7. The summed E-state index contributed by atoms with van der Waals surface area (Å²) >= 11 is 0. The molecule has 7 heteroatoms. The molecule has 0 saturated carbocycles. The first-order chi connectivity index (χ1) is 9.06. The molecule has 1 aromatic rings. The van der Waals surface area contributed by atoms with E-state index in [9.17, 15) is 14.9 Å². The fourth-order valence-corrected chi connectivity index (χ4v) is 2.08. The zero-order valence-corrected chi connectivity index (χ0v) is 10.7. The lowest BCUT2D eigenvalue weighted by molar-refractivity contribution is -0.384. The van der Waals surface area contributed by atoms with Crippen molar-refractivity contribution in [1.82, 2.24) is 0 Å². The summed E-state index contributed by atoms with van der Waals surface area (Å²) in [6.07, 6.45) is -0.359. The number of non-ortho nitro benzene ring substituents is 1. The van der Waals surface area contributed by atoms with E-state index in [-0.39, 0.29) is 24.6 Å². The van der Waals surface area contributed by atoms with Gasteiger partial charge in [0.15, 0.2) is 6.29 Å². The summed E-state index contributed by atoms with van der Waals surface area (Å²) in [5, 5.41) is 10.7. The summed E-state index contributed by atoms with van der Waals surface area (Å²) < 4.78 is 10.1. The first-order valence-corrected chi connectivity index (χ1v) is 5.70. The quantitative estimate of drug-likeness (QED) is 0.453. The minimum absolute atomic E-state index is 0.0107. The van der Waals surface area contributed by atoms with Gasteiger partial charge < -0.3 is 14.4 Å². The number of benzene rings is 1. The van der Waals surface area contributed by atoms with E-state index in [1.54, 1.807) is 6.07 Å². The van der Waals surface area contributed by atoms with Crippen LogP contribution in [0.15, 0.2) is 18.2 Å². The predicted molar refractivity (Wildman–Crippen MR) is 67.0 cm³/mol. The van der Waals surface area contributed by atoms with Crippen LogP contribution in [0.2, 0.25) is 0 Å². The van der Waals surface area contributed by atoms with E-state index in [0.717, 1.165) is 0 Å². The lowest BCUT2D eigenvalue weighted by Gasteiger charge is -2.22. The van der Waals surface area contributed by atoms with Gasteiger partial charge in [-0.15, -0.1) is 0 Å². The van der Waals surface area contributed by atoms with E-state index in [4.69, 9.17) is 9.47 Å². The topological polar surface area (TPSA) is 81.9 Å². The predicted octanol–water partition coefficient (Wildman–Crippen LogP) is 1.10. The van der Waals surface area contributed by atoms with Gasteiger partial charge >= 0.3 is 0 Å². The normalized spacial score (nSPS) is 14.1. The molecule has 2 rings (SSSR count). The lowest BCUT2D eigenvalue weighted by Crippen LogP contribution is -2.36. The molecule has 0 unspecified atom stereocenters. The Kier molecular flexibility index (Phi) is 3.77. The molecule has 0 atom stereocenters. The molecular formula is C12H14N2O5. The Balaban J connectivity index is 2.26. The zero-order chi connectivity index (χ0) is 14.0.